The monoisotopic (exact) mass is 365 g/mol. The Balaban J connectivity index is 1.34. The van der Waals surface area contributed by atoms with Crippen LogP contribution in [0.25, 0.3) is 0 Å². The van der Waals surface area contributed by atoms with Gasteiger partial charge in [0.25, 0.3) is 5.91 Å². The quantitative estimate of drug-likeness (QED) is 0.775. The van der Waals surface area contributed by atoms with Gasteiger partial charge < -0.3 is 5.32 Å². The second-order valence-electron chi connectivity index (χ2n) is 7.55. The van der Waals surface area contributed by atoms with Crippen LogP contribution in [0.4, 0.5) is 0 Å². The van der Waals surface area contributed by atoms with Crippen LogP contribution in [0.1, 0.15) is 46.8 Å². The first kappa shape index (κ1) is 18.1. The summed E-state index contributed by atoms with van der Waals surface area (Å²) in [4.78, 5) is 19.1. The van der Waals surface area contributed by atoms with Gasteiger partial charge in [0.1, 0.15) is 0 Å². The first-order valence-electron chi connectivity index (χ1n) is 9.71. The standard InChI is InChI=1S/C21H27N5O/c1-15-4-2-5-17(12-15)21(27)23-18-6-3-11-26(14-18)20-13-19(24-25-20)16-7-9-22-10-8-16/h2,4-5,7-10,12,18-20,24-25H,3,6,11,13-14H2,1H3,(H,23,27). The summed E-state index contributed by atoms with van der Waals surface area (Å²) in [6.45, 7) is 3.94. The summed E-state index contributed by atoms with van der Waals surface area (Å²) in [6.07, 6.45) is 7.08. The molecule has 3 unspecified atom stereocenters. The lowest BCUT2D eigenvalue weighted by Crippen LogP contribution is -2.54. The van der Waals surface area contributed by atoms with Crippen molar-refractivity contribution in [1.29, 1.82) is 0 Å². The fraction of sp³-hybridized carbons (Fsp3) is 0.429. The average Bonchev–Trinajstić information content (AvgIpc) is 3.19. The third kappa shape index (κ3) is 4.35. The molecule has 4 rings (SSSR count). The van der Waals surface area contributed by atoms with Gasteiger partial charge in [-0.2, -0.15) is 0 Å². The number of likely N-dealkylation sites (tertiary alicyclic amines) is 1. The van der Waals surface area contributed by atoms with Crippen LogP contribution in [-0.4, -0.2) is 41.1 Å². The summed E-state index contributed by atoms with van der Waals surface area (Å²) < 4.78 is 0. The van der Waals surface area contributed by atoms with E-state index in [1.807, 2.05) is 43.6 Å². The molecule has 3 atom stereocenters. The van der Waals surface area contributed by atoms with Crippen molar-refractivity contribution in [1.82, 2.24) is 26.1 Å². The van der Waals surface area contributed by atoms with E-state index in [1.54, 1.807) is 0 Å². The predicted molar refractivity (Wildman–Crippen MR) is 105 cm³/mol. The maximum absolute atomic E-state index is 12.6. The van der Waals surface area contributed by atoms with Crippen LogP contribution in [-0.2, 0) is 0 Å². The van der Waals surface area contributed by atoms with E-state index in [1.165, 1.54) is 5.56 Å². The lowest BCUT2D eigenvalue weighted by molar-refractivity contribution is 0.0856. The summed E-state index contributed by atoms with van der Waals surface area (Å²) in [7, 11) is 0. The highest BCUT2D eigenvalue weighted by Crippen LogP contribution is 2.25. The molecule has 1 aromatic carbocycles. The van der Waals surface area contributed by atoms with E-state index in [-0.39, 0.29) is 18.1 Å². The number of hydrogen-bond donors (Lipinski definition) is 3. The molecule has 2 aliphatic heterocycles. The molecule has 2 aromatic rings. The highest BCUT2D eigenvalue weighted by atomic mass is 16.1. The Kier molecular flexibility index (Phi) is 5.48. The zero-order valence-electron chi connectivity index (χ0n) is 15.7. The topological polar surface area (TPSA) is 69.3 Å². The Bertz CT molecular complexity index is 781. The molecule has 0 radical (unpaired) electrons. The van der Waals surface area contributed by atoms with Gasteiger partial charge in [0.05, 0.1) is 6.17 Å². The van der Waals surface area contributed by atoms with E-state index in [4.69, 9.17) is 0 Å². The number of piperidine rings is 1. The molecular formula is C21H27N5O. The third-order valence-electron chi connectivity index (χ3n) is 5.50. The lowest BCUT2D eigenvalue weighted by atomic mass is 10.0. The molecule has 142 valence electrons. The number of hydrazine groups is 1. The van der Waals surface area contributed by atoms with E-state index in [0.29, 0.717) is 6.04 Å². The zero-order valence-corrected chi connectivity index (χ0v) is 15.7. The van der Waals surface area contributed by atoms with Crippen LogP contribution < -0.4 is 16.2 Å². The van der Waals surface area contributed by atoms with Gasteiger partial charge in [0.2, 0.25) is 0 Å². The van der Waals surface area contributed by atoms with Crippen molar-refractivity contribution in [3.05, 3.63) is 65.5 Å². The molecule has 0 saturated carbocycles. The van der Waals surface area contributed by atoms with Crippen molar-refractivity contribution in [2.45, 2.75) is 44.4 Å². The Labute approximate surface area is 160 Å². The summed E-state index contributed by atoms with van der Waals surface area (Å²) in [5, 5.41) is 3.22. The molecule has 3 N–H and O–H groups in total. The Morgan fingerprint density at radius 1 is 1.22 bits per heavy atom. The molecule has 6 nitrogen and oxygen atoms in total. The number of rotatable bonds is 4. The number of pyridine rings is 1. The number of aryl methyl sites for hydroxylation is 1. The third-order valence-corrected chi connectivity index (χ3v) is 5.50. The normalized spacial score (nSPS) is 26.0. The molecule has 1 amide bonds. The lowest BCUT2D eigenvalue weighted by Gasteiger charge is -2.36. The number of hydrogen-bond acceptors (Lipinski definition) is 5. The zero-order chi connectivity index (χ0) is 18.6. The van der Waals surface area contributed by atoms with Crippen LogP contribution in [0.15, 0.2) is 48.8 Å². The molecule has 27 heavy (non-hydrogen) atoms. The maximum Gasteiger partial charge on any atom is 0.251 e. The van der Waals surface area contributed by atoms with Crippen LogP contribution in [0.3, 0.4) is 0 Å². The van der Waals surface area contributed by atoms with Crippen molar-refractivity contribution in [3.63, 3.8) is 0 Å². The van der Waals surface area contributed by atoms with E-state index >= 15 is 0 Å². The maximum atomic E-state index is 12.6. The van der Waals surface area contributed by atoms with Gasteiger partial charge in [-0.1, -0.05) is 17.7 Å². The molecule has 6 heteroatoms. The first-order chi connectivity index (χ1) is 13.2. The summed E-state index contributed by atoms with van der Waals surface area (Å²) in [5.41, 5.74) is 9.93. The average molecular weight is 365 g/mol. The number of nitrogens with zero attached hydrogens (tertiary/aromatic N) is 2. The fourth-order valence-electron chi connectivity index (χ4n) is 4.06. The van der Waals surface area contributed by atoms with Crippen LogP contribution >= 0.6 is 0 Å². The molecular weight excluding hydrogens is 338 g/mol. The number of amides is 1. The molecule has 3 heterocycles. The van der Waals surface area contributed by atoms with Gasteiger partial charge in [-0.25, -0.2) is 10.9 Å². The molecule has 0 bridgehead atoms. The largest absolute Gasteiger partial charge is 0.348 e. The first-order valence-corrected chi connectivity index (χ1v) is 9.71. The van der Waals surface area contributed by atoms with Crippen molar-refractivity contribution in [2.75, 3.05) is 13.1 Å². The molecule has 2 aliphatic rings. The van der Waals surface area contributed by atoms with Gasteiger partial charge in [-0.15, -0.1) is 0 Å². The summed E-state index contributed by atoms with van der Waals surface area (Å²) in [6, 6.07) is 12.4. The summed E-state index contributed by atoms with van der Waals surface area (Å²) in [5.74, 6) is 0.0257. The number of aromatic nitrogens is 1. The molecule has 0 spiro atoms. The predicted octanol–water partition coefficient (Wildman–Crippen LogP) is 2.15. The highest BCUT2D eigenvalue weighted by molar-refractivity contribution is 5.94. The minimum Gasteiger partial charge on any atom is -0.348 e. The Hall–Kier alpha value is -2.28. The van der Waals surface area contributed by atoms with Crippen molar-refractivity contribution < 1.29 is 4.79 Å². The van der Waals surface area contributed by atoms with Crippen molar-refractivity contribution in [3.8, 4) is 0 Å². The van der Waals surface area contributed by atoms with Crippen molar-refractivity contribution >= 4 is 5.91 Å². The SMILES string of the molecule is Cc1cccc(C(=O)NC2CCCN(C3CC(c4ccncc4)NN3)C2)c1. The second kappa shape index (κ2) is 8.17. The van der Waals surface area contributed by atoms with Crippen LogP contribution in [0, 0.1) is 6.92 Å². The highest BCUT2D eigenvalue weighted by Gasteiger charge is 2.32. The molecule has 1 aromatic heterocycles. The van der Waals surface area contributed by atoms with Crippen LogP contribution in [0.2, 0.25) is 0 Å². The van der Waals surface area contributed by atoms with Crippen molar-refractivity contribution in [2.24, 2.45) is 0 Å². The Morgan fingerprint density at radius 2 is 2.07 bits per heavy atom. The van der Waals surface area contributed by atoms with E-state index in [2.05, 4.69) is 38.2 Å². The molecule has 2 saturated heterocycles. The fourth-order valence-corrected chi connectivity index (χ4v) is 4.06. The van der Waals surface area contributed by atoms with E-state index in [9.17, 15) is 4.79 Å². The van der Waals surface area contributed by atoms with Gasteiger partial charge >= 0.3 is 0 Å². The number of carbonyl (C=O) groups excluding carboxylic acids is 1. The van der Waals surface area contributed by atoms with Gasteiger partial charge in [-0.3, -0.25) is 14.7 Å². The van der Waals surface area contributed by atoms with E-state index in [0.717, 1.165) is 43.5 Å². The molecule has 0 aliphatic carbocycles. The second-order valence-corrected chi connectivity index (χ2v) is 7.55. The van der Waals surface area contributed by atoms with Gasteiger partial charge in [-0.05, 0) is 62.6 Å². The van der Waals surface area contributed by atoms with E-state index < -0.39 is 0 Å². The number of benzene rings is 1. The van der Waals surface area contributed by atoms with Gasteiger partial charge in [0.15, 0.2) is 0 Å². The molecule has 2 fully saturated rings. The Morgan fingerprint density at radius 3 is 2.89 bits per heavy atom. The number of carbonyl (C=O) groups is 1. The number of nitrogens with one attached hydrogen (secondary N) is 3. The van der Waals surface area contributed by atoms with Crippen LogP contribution in [0.5, 0.6) is 0 Å². The van der Waals surface area contributed by atoms with Gasteiger partial charge in [0, 0.05) is 36.6 Å². The summed E-state index contributed by atoms with van der Waals surface area (Å²) >= 11 is 0. The minimum absolute atomic E-state index is 0.0257. The smallest absolute Gasteiger partial charge is 0.251 e. The minimum atomic E-state index is 0.0257.